The molecule has 0 saturated carbocycles. The third-order valence-electron chi connectivity index (χ3n) is 1.84. The zero-order chi connectivity index (χ0) is 10.8. The van der Waals surface area contributed by atoms with Crippen molar-refractivity contribution in [3.8, 4) is 5.69 Å². The van der Waals surface area contributed by atoms with Crippen LogP contribution in [-0.2, 0) is 0 Å². The minimum Gasteiger partial charge on any atom is -0.267 e. The van der Waals surface area contributed by atoms with Gasteiger partial charge in [-0.15, -0.1) is 0 Å². The number of halogens is 2. The summed E-state index contributed by atoms with van der Waals surface area (Å²) in [7, 11) is 0. The Morgan fingerprint density at radius 3 is 2.93 bits per heavy atom. The van der Waals surface area contributed by atoms with E-state index in [1.807, 2.05) is 0 Å². The van der Waals surface area contributed by atoms with Crippen molar-refractivity contribution in [1.82, 2.24) is 9.55 Å². The molecule has 2 aromatic rings. The van der Waals surface area contributed by atoms with Crippen LogP contribution in [0.15, 0.2) is 45.9 Å². The van der Waals surface area contributed by atoms with Crippen LogP contribution in [0.1, 0.15) is 0 Å². The molecule has 0 amide bonds. The number of nitrogens with zero attached hydrogens (tertiary/aromatic N) is 2. The summed E-state index contributed by atoms with van der Waals surface area (Å²) >= 11 is 3.20. The quantitative estimate of drug-likeness (QED) is 0.794. The van der Waals surface area contributed by atoms with E-state index in [9.17, 15) is 9.18 Å². The third-order valence-corrected chi connectivity index (χ3v) is 2.25. The summed E-state index contributed by atoms with van der Waals surface area (Å²) in [6.45, 7) is 0. The monoisotopic (exact) mass is 268 g/mol. The van der Waals surface area contributed by atoms with E-state index in [1.165, 1.54) is 29.0 Å². The molecule has 0 saturated heterocycles. The number of hydrogen-bond donors (Lipinski definition) is 0. The second-order valence-corrected chi connectivity index (χ2v) is 3.82. The van der Waals surface area contributed by atoms with E-state index in [0.29, 0.717) is 10.2 Å². The second kappa shape index (κ2) is 3.94. The molecule has 0 unspecified atom stereocenters. The van der Waals surface area contributed by atoms with Crippen molar-refractivity contribution in [1.29, 1.82) is 0 Å². The number of aromatic nitrogens is 2. The molecule has 0 aliphatic heterocycles. The molecule has 1 aromatic heterocycles. The number of rotatable bonds is 1. The largest absolute Gasteiger partial charge is 0.352 e. The lowest BCUT2D eigenvalue weighted by Crippen LogP contribution is -2.20. The van der Waals surface area contributed by atoms with Gasteiger partial charge in [0.2, 0.25) is 0 Å². The highest BCUT2D eigenvalue weighted by molar-refractivity contribution is 9.10. The molecule has 0 aliphatic carbocycles. The molecular weight excluding hydrogens is 263 g/mol. The second-order valence-electron chi connectivity index (χ2n) is 2.90. The van der Waals surface area contributed by atoms with Gasteiger partial charge in [-0.2, -0.15) is 0 Å². The van der Waals surface area contributed by atoms with E-state index in [4.69, 9.17) is 0 Å². The standard InChI is InChI=1S/C10H6BrFN2O/c11-7-5-13-10(15)14(6-7)9-3-1-2-8(12)4-9/h1-6H. The van der Waals surface area contributed by atoms with E-state index in [0.717, 1.165) is 0 Å². The molecule has 0 fully saturated rings. The van der Waals surface area contributed by atoms with Crippen LogP contribution in [0.2, 0.25) is 0 Å². The minimum atomic E-state index is -0.441. The van der Waals surface area contributed by atoms with Crippen LogP contribution >= 0.6 is 15.9 Å². The van der Waals surface area contributed by atoms with Gasteiger partial charge in [0.15, 0.2) is 0 Å². The Balaban J connectivity index is 2.63. The molecule has 5 heteroatoms. The highest BCUT2D eigenvalue weighted by Crippen LogP contribution is 2.10. The number of benzene rings is 1. The van der Waals surface area contributed by atoms with Crippen molar-refractivity contribution in [2.75, 3.05) is 0 Å². The summed E-state index contributed by atoms with van der Waals surface area (Å²) in [6.07, 6.45) is 2.95. The molecular formula is C10H6BrFN2O. The predicted molar refractivity (Wildman–Crippen MR) is 57.5 cm³/mol. The highest BCUT2D eigenvalue weighted by Gasteiger charge is 2.01. The first-order valence-electron chi connectivity index (χ1n) is 4.17. The smallest absolute Gasteiger partial charge is 0.267 e. The normalized spacial score (nSPS) is 10.3. The molecule has 0 atom stereocenters. The van der Waals surface area contributed by atoms with Crippen molar-refractivity contribution >= 4 is 15.9 Å². The van der Waals surface area contributed by atoms with Crippen molar-refractivity contribution in [3.63, 3.8) is 0 Å². The van der Waals surface area contributed by atoms with Crippen LogP contribution in [0.4, 0.5) is 4.39 Å². The summed E-state index contributed by atoms with van der Waals surface area (Å²) in [5.41, 5.74) is 0.0117. The number of hydrogen-bond acceptors (Lipinski definition) is 2. The van der Waals surface area contributed by atoms with Crippen LogP contribution in [0.3, 0.4) is 0 Å². The van der Waals surface area contributed by atoms with Crippen molar-refractivity contribution in [2.45, 2.75) is 0 Å². The maximum absolute atomic E-state index is 12.9. The van der Waals surface area contributed by atoms with Gasteiger partial charge in [0, 0.05) is 12.4 Å². The van der Waals surface area contributed by atoms with Crippen molar-refractivity contribution in [3.05, 3.63) is 57.4 Å². The van der Waals surface area contributed by atoms with Gasteiger partial charge in [-0.25, -0.2) is 14.2 Å². The van der Waals surface area contributed by atoms with E-state index in [1.54, 1.807) is 12.3 Å². The summed E-state index contributed by atoms with van der Waals surface area (Å²) in [5.74, 6) is -0.389. The van der Waals surface area contributed by atoms with Gasteiger partial charge in [0.05, 0.1) is 10.2 Å². The molecule has 1 heterocycles. The molecule has 0 aliphatic rings. The average Bonchev–Trinajstić information content (AvgIpc) is 2.22. The summed E-state index contributed by atoms with van der Waals surface area (Å²) in [4.78, 5) is 15.0. The lowest BCUT2D eigenvalue weighted by molar-refractivity contribution is 0.626. The van der Waals surface area contributed by atoms with E-state index >= 15 is 0 Å². The molecule has 0 spiro atoms. The Hall–Kier alpha value is -1.49. The maximum Gasteiger partial charge on any atom is 0.352 e. The highest BCUT2D eigenvalue weighted by atomic mass is 79.9. The van der Waals surface area contributed by atoms with Gasteiger partial charge in [0.25, 0.3) is 0 Å². The summed E-state index contributed by atoms with van der Waals surface area (Å²) < 4.78 is 14.9. The van der Waals surface area contributed by atoms with Crippen LogP contribution < -0.4 is 5.69 Å². The van der Waals surface area contributed by atoms with Crippen molar-refractivity contribution < 1.29 is 4.39 Å². The molecule has 0 bridgehead atoms. The molecule has 0 radical (unpaired) electrons. The van der Waals surface area contributed by atoms with Gasteiger partial charge >= 0.3 is 5.69 Å². The van der Waals surface area contributed by atoms with Gasteiger partial charge in [-0.3, -0.25) is 4.57 Å². The maximum atomic E-state index is 12.9. The van der Waals surface area contributed by atoms with Crippen LogP contribution in [0, 0.1) is 5.82 Å². The van der Waals surface area contributed by atoms with Gasteiger partial charge in [-0.1, -0.05) is 6.07 Å². The van der Waals surface area contributed by atoms with E-state index < -0.39 is 5.69 Å². The fourth-order valence-corrected chi connectivity index (χ4v) is 1.51. The van der Waals surface area contributed by atoms with Crippen molar-refractivity contribution in [2.24, 2.45) is 0 Å². The average molecular weight is 269 g/mol. The Morgan fingerprint density at radius 1 is 1.40 bits per heavy atom. The minimum absolute atomic E-state index is 0.389. The fraction of sp³-hybridized carbons (Fsp3) is 0. The molecule has 3 nitrogen and oxygen atoms in total. The van der Waals surface area contributed by atoms with Gasteiger partial charge in [-0.05, 0) is 34.1 Å². The predicted octanol–water partition coefficient (Wildman–Crippen LogP) is 2.13. The first-order valence-corrected chi connectivity index (χ1v) is 4.96. The Bertz CT molecular complexity index is 553. The molecule has 15 heavy (non-hydrogen) atoms. The molecule has 0 N–H and O–H groups in total. The SMILES string of the molecule is O=c1ncc(Br)cn1-c1cccc(F)c1. The lowest BCUT2D eigenvalue weighted by Gasteiger charge is -2.04. The Morgan fingerprint density at radius 2 is 2.20 bits per heavy atom. The molecule has 2 rings (SSSR count). The van der Waals surface area contributed by atoms with Crippen LogP contribution in [0.25, 0.3) is 5.69 Å². The van der Waals surface area contributed by atoms with Gasteiger partial charge < -0.3 is 0 Å². The lowest BCUT2D eigenvalue weighted by atomic mass is 10.3. The zero-order valence-corrected chi connectivity index (χ0v) is 9.11. The molecule has 1 aromatic carbocycles. The van der Waals surface area contributed by atoms with E-state index in [2.05, 4.69) is 20.9 Å². The van der Waals surface area contributed by atoms with Crippen LogP contribution in [0.5, 0.6) is 0 Å². The van der Waals surface area contributed by atoms with Gasteiger partial charge in [0.1, 0.15) is 5.82 Å². The Kier molecular flexibility index (Phi) is 2.64. The topological polar surface area (TPSA) is 34.9 Å². The summed E-state index contributed by atoms with van der Waals surface area (Å²) in [5, 5.41) is 0. The first kappa shape index (κ1) is 10.0. The zero-order valence-electron chi connectivity index (χ0n) is 7.52. The first-order chi connectivity index (χ1) is 7.16. The summed E-state index contributed by atoms with van der Waals surface area (Å²) in [6, 6.07) is 5.77. The fourth-order valence-electron chi connectivity index (χ4n) is 1.20. The molecule has 76 valence electrons. The Labute approximate surface area is 93.3 Å². The third kappa shape index (κ3) is 2.12. The van der Waals surface area contributed by atoms with Crippen LogP contribution in [-0.4, -0.2) is 9.55 Å². The van der Waals surface area contributed by atoms with E-state index in [-0.39, 0.29) is 5.82 Å².